The number of aryl methyl sites for hydroxylation is 2. The Bertz CT molecular complexity index is 434. The Labute approximate surface area is 115 Å². The summed E-state index contributed by atoms with van der Waals surface area (Å²) < 4.78 is 5.33. The van der Waals surface area contributed by atoms with Crippen molar-refractivity contribution in [3.8, 4) is 5.75 Å². The first-order valence-corrected chi connectivity index (χ1v) is 6.47. The van der Waals surface area contributed by atoms with Crippen LogP contribution in [0.5, 0.6) is 5.75 Å². The summed E-state index contributed by atoms with van der Waals surface area (Å²) in [7, 11) is 3.51. The molecule has 0 aromatic heterocycles. The molecule has 0 aliphatic carbocycles. The first-order valence-electron chi connectivity index (χ1n) is 6.47. The minimum atomic E-state index is -0.771. The highest BCUT2D eigenvalue weighted by Gasteiger charge is 2.20. The molecule has 19 heavy (non-hydrogen) atoms. The molecule has 0 aliphatic rings. The lowest BCUT2D eigenvalue weighted by Gasteiger charge is -2.24. The number of likely N-dealkylation sites (N-methyl/N-ethyl adjacent to an activating group) is 1. The summed E-state index contributed by atoms with van der Waals surface area (Å²) in [4.78, 5) is 13.0. The highest BCUT2D eigenvalue weighted by Crippen LogP contribution is 2.25. The molecule has 0 aliphatic heterocycles. The van der Waals surface area contributed by atoms with E-state index in [1.165, 1.54) is 0 Å². The van der Waals surface area contributed by atoms with Crippen molar-refractivity contribution in [2.24, 2.45) is 0 Å². The average molecular weight is 265 g/mol. The summed E-state index contributed by atoms with van der Waals surface area (Å²) in [6.07, 6.45) is 0.597. The number of methoxy groups -OCH3 is 1. The predicted octanol–water partition coefficient (Wildman–Crippen LogP) is 2.61. The van der Waals surface area contributed by atoms with Crippen LogP contribution in [-0.4, -0.2) is 36.2 Å². The van der Waals surface area contributed by atoms with Gasteiger partial charge in [-0.1, -0.05) is 19.1 Å². The monoisotopic (exact) mass is 265 g/mol. The number of rotatable bonds is 6. The fraction of sp³-hybridized carbons (Fsp3) is 0.533. The van der Waals surface area contributed by atoms with Gasteiger partial charge in [-0.15, -0.1) is 0 Å². The van der Waals surface area contributed by atoms with Gasteiger partial charge in [0.25, 0.3) is 0 Å². The van der Waals surface area contributed by atoms with E-state index >= 15 is 0 Å². The van der Waals surface area contributed by atoms with Crippen LogP contribution >= 0.6 is 0 Å². The van der Waals surface area contributed by atoms with Crippen LogP contribution in [0.4, 0.5) is 0 Å². The number of carbonyl (C=O) groups is 1. The van der Waals surface area contributed by atoms with E-state index in [9.17, 15) is 4.79 Å². The lowest BCUT2D eigenvalue weighted by molar-refractivity contribution is -0.143. The molecule has 1 aromatic carbocycles. The van der Waals surface area contributed by atoms with Crippen molar-refractivity contribution in [2.75, 3.05) is 14.2 Å². The molecular weight excluding hydrogens is 242 g/mol. The molecule has 0 radical (unpaired) electrons. The van der Waals surface area contributed by atoms with Crippen molar-refractivity contribution < 1.29 is 14.6 Å². The van der Waals surface area contributed by atoms with Crippen molar-refractivity contribution in [1.82, 2.24) is 4.90 Å². The molecule has 0 fully saturated rings. The summed E-state index contributed by atoms with van der Waals surface area (Å²) in [5.41, 5.74) is 3.27. The SMILES string of the molecule is CCC(C(=O)O)N(C)Cc1cc(C)c(OC)c(C)c1. The second-order valence-corrected chi connectivity index (χ2v) is 4.94. The highest BCUT2D eigenvalue weighted by atomic mass is 16.5. The summed E-state index contributed by atoms with van der Waals surface area (Å²) in [5.74, 6) is 0.128. The molecule has 1 aromatic rings. The zero-order valence-electron chi connectivity index (χ0n) is 12.4. The molecule has 1 rings (SSSR count). The maximum absolute atomic E-state index is 11.1. The number of hydrogen-bond acceptors (Lipinski definition) is 3. The minimum Gasteiger partial charge on any atom is -0.496 e. The van der Waals surface area contributed by atoms with Gasteiger partial charge in [-0.2, -0.15) is 0 Å². The summed E-state index contributed by atoms with van der Waals surface area (Å²) in [5, 5.41) is 9.15. The van der Waals surface area contributed by atoms with Gasteiger partial charge in [-0.3, -0.25) is 9.69 Å². The number of carboxylic acids is 1. The highest BCUT2D eigenvalue weighted by molar-refractivity contribution is 5.73. The quantitative estimate of drug-likeness (QED) is 0.859. The van der Waals surface area contributed by atoms with Gasteiger partial charge in [0.05, 0.1) is 7.11 Å². The Morgan fingerprint density at radius 3 is 2.26 bits per heavy atom. The zero-order valence-corrected chi connectivity index (χ0v) is 12.4. The Morgan fingerprint density at radius 1 is 1.37 bits per heavy atom. The van der Waals surface area contributed by atoms with Crippen LogP contribution in [-0.2, 0) is 11.3 Å². The van der Waals surface area contributed by atoms with E-state index in [-0.39, 0.29) is 0 Å². The third kappa shape index (κ3) is 3.70. The molecule has 0 saturated carbocycles. The molecule has 1 N–H and O–H groups in total. The number of benzene rings is 1. The Balaban J connectivity index is 2.91. The molecule has 0 amide bonds. The van der Waals surface area contributed by atoms with Gasteiger partial charge in [0.1, 0.15) is 11.8 Å². The van der Waals surface area contributed by atoms with Gasteiger partial charge in [-0.25, -0.2) is 0 Å². The summed E-state index contributed by atoms with van der Waals surface area (Å²) in [6.45, 7) is 6.52. The lowest BCUT2D eigenvalue weighted by atomic mass is 10.0. The maximum Gasteiger partial charge on any atom is 0.320 e. The molecule has 4 nitrogen and oxygen atoms in total. The van der Waals surface area contributed by atoms with E-state index in [0.29, 0.717) is 13.0 Å². The molecule has 106 valence electrons. The van der Waals surface area contributed by atoms with Crippen LogP contribution in [0.3, 0.4) is 0 Å². The number of hydrogen-bond donors (Lipinski definition) is 1. The van der Waals surface area contributed by atoms with E-state index in [1.54, 1.807) is 7.11 Å². The van der Waals surface area contributed by atoms with Crippen LogP contribution in [0.1, 0.15) is 30.0 Å². The lowest BCUT2D eigenvalue weighted by Crippen LogP contribution is -2.37. The van der Waals surface area contributed by atoms with Crippen molar-refractivity contribution in [2.45, 2.75) is 39.8 Å². The van der Waals surface area contributed by atoms with Crippen LogP contribution < -0.4 is 4.74 Å². The van der Waals surface area contributed by atoms with Crippen molar-refractivity contribution in [3.05, 3.63) is 28.8 Å². The Morgan fingerprint density at radius 2 is 1.89 bits per heavy atom. The van der Waals surface area contributed by atoms with Crippen LogP contribution in [0.2, 0.25) is 0 Å². The van der Waals surface area contributed by atoms with Crippen molar-refractivity contribution in [1.29, 1.82) is 0 Å². The van der Waals surface area contributed by atoms with E-state index < -0.39 is 12.0 Å². The standard InChI is InChI=1S/C15H23NO3/c1-6-13(15(17)18)16(4)9-12-7-10(2)14(19-5)11(3)8-12/h7-8,13H,6,9H2,1-5H3,(H,17,18). The van der Waals surface area contributed by atoms with E-state index in [4.69, 9.17) is 9.84 Å². The molecule has 0 spiro atoms. The smallest absolute Gasteiger partial charge is 0.320 e. The minimum absolute atomic E-state index is 0.442. The second kappa shape index (κ2) is 6.57. The molecule has 0 saturated heterocycles. The number of carboxylic acid groups (broad SMARTS) is 1. The predicted molar refractivity (Wildman–Crippen MR) is 75.6 cm³/mol. The third-order valence-electron chi connectivity index (χ3n) is 3.36. The zero-order chi connectivity index (χ0) is 14.6. The first kappa shape index (κ1) is 15.5. The van der Waals surface area contributed by atoms with Crippen LogP contribution in [0.15, 0.2) is 12.1 Å². The molecule has 0 heterocycles. The van der Waals surface area contributed by atoms with Gasteiger partial charge >= 0.3 is 5.97 Å². The largest absolute Gasteiger partial charge is 0.496 e. The van der Waals surface area contributed by atoms with Crippen LogP contribution in [0.25, 0.3) is 0 Å². The van der Waals surface area contributed by atoms with Gasteiger partial charge < -0.3 is 9.84 Å². The first-order chi connectivity index (χ1) is 8.90. The number of ether oxygens (including phenoxy) is 1. The normalized spacial score (nSPS) is 12.5. The second-order valence-electron chi connectivity index (χ2n) is 4.94. The molecule has 0 bridgehead atoms. The third-order valence-corrected chi connectivity index (χ3v) is 3.36. The Hall–Kier alpha value is -1.55. The fourth-order valence-electron chi connectivity index (χ4n) is 2.53. The number of nitrogens with zero attached hydrogens (tertiary/aromatic N) is 1. The van der Waals surface area contributed by atoms with Crippen LogP contribution in [0, 0.1) is 13.8 Å². The van der Waals surface area contributed by atoms with E-state index in [1.807, 2.05) is 32.7 Å². The topological polar surface area (TPSA) is 49.8 Å². The molecular formula is C15H23NO3. The molecule has 1 atom stereocenters. The van der Waals surface area contributed by atoms with Crippen molar-refractivity contribution in [3.63, 3.8) is 0 Å². The van der Waals surface area contributed by atoms with Crippen molar-refractivity contribution >= 4 is 5.97 Å². The van der Waals surface area contributed by atoms with Gasteiger partial charge in [-0.05, 0) is 44.0 Å². The fourth-order valence-corrected chi connectivity index (χ4v) is 2.53. The number of aliphatic carboxylic acids is 1. The summed E-state index contributed by atoms with van der Waals surface area (Å²) >= 11 is 0. The van der Waals surface area contributed by atoms with E-state index in [2.05, 4.69) is 12.1 Å². The maximum atomic E-state index is 11.1. The van der Waals surface area contributed by atoms with Gasteiger partial charge in [0.15, 0.2) is 0 Å². The molecule has 4 heteroatoms. The Kier molecular flexibility index (Phi) is 5.36. The van der Waals surface area contributed by atoms with Gasteiger partial charge in [0, 0.05) is 6.54 Å². The van der Waals surface area contributed by atoms with E-state index in [0.717, 1.165) is 22.4 Å². The average Bonchev–Trinajstić information content (AvgIpc) is 2.28. The summed E-state index contributed by atoms with van der Waals surface area (Å²) in [6, 6.07) is 3.66. The van der Waals surface area contributed by atoms with Gasteiger partial charge in [0.2, 0.25) is 0 Å². The molecule has 1 unspecified atom stereocenters.